The van der Waals surface area contributed by atoms with Crippen molar-refractivity contribution in [2.24, 2.45) is 5.11 Å². The molecule has 33 heavy (non-hydrogen) atoms. The van der Waals surface area contributed by atoms with Crippen molar-refractivity contribution in [2.75, 3.05) is 66.0 Å². The van der Waals surface area contributed by atoms with Crippen molar-refractivity contribution < 1.29 is 28.5 Å². The van der Waals surface area contributed by atoms with E-state index in [1.54, 1.807) is 48.5 Å². The number of ketones is 1. The van der Waals surface area contributed by atoms with E-state index in [9.17, 15) is 4.79 Å². The van der Waals surface area contributed by atoms with Crippen molar-refractivity contribution in [3.63, 3.8) is 0 Å². The summed E-state index contributed by atoms with van der Waals surface area (Å²) in [5.74, 6) is 0.601. The molecule has 0 radical (unpaired) electrons. The summed E-state index contributed by atoms with van der Waals surface area (Å²) < 4.78 is 27.1. The monoisotopic (exact) mass is 477 g/mol. The quantitative estimate of drug-likeness (QED) is 0.104. The van der Waals surface area contributed by atoms with Crippen LogP contribution in [-0.2, 0) is 18.9 Å². The molecule has 0 amide bonds. The van der Waals surface area contributed by atoms with Gasteiger partial charge in [0.15, 0.2) is 5.78 Å². The summed E-state index contributed by atoms with van der Waals surface area (Å²) in [6.45, 7) is 4.32. The van der Waals surface area contributed by atoms with Crippen LogP contribution in [0.2, 0.25) is 5.02 Å². The first-order chi connectivity index (χ1) is 16.2. The topological polar surface area (TPSA) is 112 Å². The van der Waals surface area contributed by atoms with Crippen LogP contribution in [0.1, 0.15) is 15.9 Å². The average Bonchev–Trinajstić information content (AvgIpc) is 2.84. The zero-order chi connectivity index (χ0) is 23.6. The number of rotatable bonds is 18. The molecule has 0 saturated heterocycles. The Morgan fingerprint density at radius 1 is 0.727 bits per heavy atom. The minimum Gasteiger partial charge on any atom is -0.491 e. The van der Waals surface area contributed by atoms with E-state index in [0.717, 1.165) is 0 Å². The fourth-order valence-electron chi connectivity index (χ4n) is 2.60. The van der Waals surface area contributed by atoms with Gasteiger partial charge in [0.1, 0.15) is 12.4 Å². The van der Waals surface area contributed by atoms with Crippen molar-refractivity contribution in [2.45, 2.75) is 0 Å². The molecule has 178 valence electrons. The van der Waals surface area contributed by atoms with Crippen molar-refractivity contribution in [3.05, 3.63) is 75.1 Å². The molecule has 0 aliphatic rings. The normalized spacial score (nSPS) is 10.6. The second-order valence-electron chi connectivity index (χ2n) is 6.61. The molecule has 0 N–H and O–H groups in total. The molecule has 2 rings (SSSR count). The minimum atomic E-state index is -0.0671. The van der Waals surface area contributed by atoms with Gasteiger partial charge in [-0.3, -0.25) is 4.79 Å². The van der Waals surface area contributed by atoms with Crippen molar-refractivity contribution >= 4 is 17.4 Å². The minimum absolute atomic E-state index is 0.0671. The molecule has 0 heterocycles. The van der Waals surface area contributed by atoms with Gasteiger partial charge in [0.25, 0.3) is 0 Å². The Labute approximate surface area is 198 Å². The van der Waals surface area contributed by atoms with Crippen LogP contribution in [0.25, 0.3) is 10.4 Å². The molecular weight excluding hydrogens is 450 g/mol. The van der Waals surface area contributed by atoms with Crippen LogP contribution in [0.3, 0.4) is 0 Å². The zero-order valence-corrected chi connectivity index (χ0v) is 19.1. The van der Waals surface area contributed by atoms with Crippen LogP contribution in [0.15, 0.2) is 53.6 Å². The summed E-state index contributed by atoms with van der Waals surface area (Å²) in [5.41, 5.74) is 9.28. The maximum absolute atomic E-state index is 12.4. The lowest BCUT2D eigenvalue weighted by Crippen LogP contribution is -2.14. The number of hydrogen-bond donors (Lipinski definition) is 0. The van der Waals surface area contributed by atoms with E-state index in [4.69, 9.17) is 40.8 Å². The predicted octanol–water partition coefficient (Wildman–Crippen LogP) is 4.33. The summed E-state index contributed by atoms with van der Waals surface area (Å²) in [6, 6.07) is 13.8. The van der Waals surface area contributed by atoms with E-state index in [1.807, 2.05) is 0 Å². The highest BCUT2D eigenvalue weighted by molar-refractivity contribution is 6.30. The third kappa shape index (κ3) is 11.7. The largest absolute Gasteiger partial charge is 0.491 e. The Hall–Kier alpha value is -2.65. The first kappa shape index (κ1) is 26.6. The Balaban J connectivity index is 1.44. The van der Waals surface area contributed by atoms with Gasteiger partial charge in [0.05, 0.1) is 52.9 Å². The molecule has 0 aliphatic carbocycles. The molecule has 0 fully saturated rings. The number of carbonyl (C=O) groups excluding carboxylic acids is 1. The van der Waals surface area contributed by atoms with Crippen molar-refractivity contribution in [1.29, 1.82) is 0 Å². The third-order valence-corrected chi connectivity index (χ3v) is 4.49. The lowest BCUT2D eigenvalue weighted by molar-refractivity contribution is -0.00386. The molecule has 0 saturated carbocycles. The molecule has 10 heteroatoms. The van der Waals surface area contributed by atoms with Gasteiger partial charge in [-0.25, -0.2) is 0 Å². The highest BCUT2D eigenvalue weighted by atomic mass is 35.5. The maximum Gasteiger partial charge on any atom is 0.193 e. The van der Waals surface area contributed by atoms with Gasteiger partial charge in [-0.15, -0.1) is 0 Å². The second-order valence-corrected chi connectivity index (χ2v) is 7.05. The molecule has 9 nitrogen and oxygen atoms in total. The summed E-state index contributed by atoms with van der Waals surface area (Å²) >= 11 is 5.86. The van der Waals surface area contributed by atoms with Crippen LogP contribution >= 0.6 is 11.6 Å². The van der Waals surface area contributed by atoms with Gasteiger partial charge >= 0.3 is 0 Å². The second kappa shape index (κ2) is 16.9. The van der Waals surface area contributed by atoms with Gasteiger partial charge in [-0.05, 0) is 54.1 Å². The first-order valence-electron chi connectivity index (χ1n) is 10.6. The van der Waals surface area contributed by atoms with E-state index >= 15 is 0 Å². The number of carbonyl (C=O) groups is 1. The first-order valence-corrected chi connectivity index (χ1v) is 10.9. The van der Waals surface area contributed by atoms with E-state index in [2.05, 4.69) is 10.0 Å². The van der Waals surface area contributed by atoms with Crippen LogP contribution in [0.5, 0.6) is 5.75 Å². The molecule has 0 spiro atoms. The zero-order valence-electron chi connectivity index (χ0n) is 18.4. The fourth-order valence-corrected chi connectivity index (χ4v) is 2.73. The van der Waals surface area contributed by atoms with E-state index in [1.165, 1.54) is 0 Å². The summed E-state index contributed by atoms with van der Waals surface area (Å²) in [6.07, 6.45) is 0. The molecular formula is C23H28ClN3O6. The number of azide groups is 1. The third-order valence-electron chi connectivity index (χ3n) is 4.23. The maximum atomic E-state index is 12.4. The van der Waals surface area contributed by atoms with Crippen LogP contribution in [0, 0.1) is 0 Å². The van der Waals surface area contributed by atoms with Crippen LogP contribution < -0.4 is 4.74 Å². The van der Waals surface area contributed by atoms with Crippen LogP contribution in [-0.4, -0.2) is 71.8 Å². The van der Waals surface area contributed by atoms with Gasteiger partial charge < -0.3 is 23.7 Å². The van der Waals surface area contributed by atoms with Gasteiger partial charge in [-0.1, -0.05) is 16.7 Å². The van der Waals surface area contributed by atoms with Crippen LogP contribution in [0.4, 0.5) is 0 Å². The Morgan fingerprint density at radius 3 is 1.70 bits per heavy atom. The van der Waals surface area contributed by atoms with E-state index in [-0.39, 0.29) is 5.78 Å². The molecule has 0 aliphatic heterocycles. The number of halogens is 1. The van der Waals surface area contributed by atoms with Gasteiger partial charge in [0, 0.05) is 27.6 Å². The number of ether oxygens (including phenoxy) is 5. The summed E-state index contributed by atoms with van der Waals surface area (Å²) in [4.78, 5) is 15.1. The average molecular weight is 478 g/mol. The molecule has 2 aromatic rings. The number of nitrogens with zero attached hydrogens (tertiary/aromatic N) is 3. The van der Waals surface area contributed by atoms with Gasteiger partial charge in [-0.2, -0.15) is 0 Å². The molecule has 0 aromatic heterocycles. The molecule has 0 atom stereocenters. The van der Waals surface area contributed by atoms with Gasteiger partial charge in [0.2, 0.25) is 0 Å². The Bertz CT molecular complexity index is 858. The summed E-state index contributed by atoms with van der Waals surface area (Å²) in [5, 5.41) is 3.96. The lowest BCUT2D eigenvalue weighted by atomic mass is 10.0. The smallest absolute Gasteiger partial charge is 0.193 e. The fraction of sp³-hybridized carbons (Fsp3) is 0.435. The summed E-state index contributed by atoms with van der Waals surface area (Å²) in [7, 11) is 0. The molecule has 2 aromatic carbocycles. The molecule has 0 bridgehead atoms. The lowest BCUT2D eigenvalue weighted by Gasteiger charge is -2.09. The predicted molar refractivity (Wildman–Crippen MR) is 124 cm³/mol. The molecule has 0 unspecified atom stereocenters. The SMILES string of the molecule is [N-]=[N+]=NCCOCCOCCOCCOCCOc1ccc(C(=O)c2ccc(Cl)cc2)cc1. The Kier molecular flexibility index (Phi) is 13.6. The Morgan fingerprint density at radius 2 is 1.18 bits per heavy atom. The number of hydrogen-bond acceptors (Lipinski definition) is 7. The van der Waals surface area contributed by atoms with Crippen molar-refractivity contribution in [3.8, 4) is 5.75 Å². The standard InChI is InChI=1S/C23H28ClN3O6/c24-21-5-1-19(2-6-21)23(28)20-3-7-22(8-4-20)33-18-17-32-16-15-31-14-13-30-12-11-29-10-9-26-27-25/h1-8H,9-18H2. The highest BCUT2D eigenvalue weighted by Crippen LogP contribution is 2.17. The van der Waals surface area contributed by atoms with E-state index in [0.29, 0.717) is 87.9 Å². The number of benzene rings is 2. The van der Waals surface area contributed by atoms with Crippen molar-refractivity contribution in [1.82, 2.24) is 0 Å². The highest BCUT2D eigenvalue weighted by Gasteiger charge is 2.09. The van der Waals surface area contributed by atoms with E-state index < -0.39 is 0 Å².